The van der Waals surface area contributed by atoms with Gasteiger partial charge in [0, 0.05) is 36.6 Å². The van der Waals surface area contributed by atoms with Gasteiger partial charge in [-0.1, -0.05) is 36.4 Å². The Bertz CT molecular complexity index is 641. The zero-order valence-electron chi connectivity index (χ0n) is 12.8. The lowest BCUT2D eigenvalue weighted by atomic mass is 10.1. The fraction of sp³-hybridized carbons (Fsp3) is 0.368. The number of rotatable bonds is 4. The molecule has 0 saturated carbocycles. The molecule has 2 aliphatic rings. The molecule has 0 bridgehead atoms. The molecule has 0 spiro atoms. The second-order valence-corrected chi connectivity index (χ2v) is 6.13. The molecule has 3 heteroatoms. The third kappa shape index (κ3) is 2.69. The van der Waals surface area contributed by atoms with Gasteiger partial charge in [0.2, 0.25) is 0 Å². The number of benzene rings is 2. The van der Waals surface area contributed by atoms with E-state index in [1.54, 1.807) is 0 Å². The number of ether oxygens (including phenoxy) is 1. The fourth-order valence-electron chi connectivity index (χ4n) is 3.49. The summed E-state index contributed by atoms with van der Waals surface area (Å²) in [6.07, 6.45) is 2.59. The lowest BCUT2D eigenvalue weighted by Crippen LogP contribution is -2.23. The van der Waals surface area contributed by atoms with Gasteiger partial charge >= 0.3 is 0 Å². The van der Waals surface area contributed by atoms with E-state index in [1.165, 1.54) is 22.5 Å². The van der Waals surface area contributed by atoms with E-state index in [-0.39, 0.29) is 0 Å². The SMILES string of the molecule is c1ccc(COC2CCN(c3cccc4c3CCN4)C2)cc1. The van der Waals surface area contributed by atoms with Gasteiger partial charge in [0.1, 0.15) is 0 Å². The monoisotopic (exact) mass is 294 g/mol. The molecule has 2 heterocycles. The molecule has 1 saturated heterocycles. The minimum Gasteiger partial charge on any atom is -0.384 e. The Kier molecular flexibility index (Phi) is 3.73. The van der Waals surface area contributed by atoms with Crippen LogP contribution >= 0.6 is 0 Å². The summed E-state index contributed by atoms with van der Waals surface area (Å²) >= 11 is 0. The van der Waals surface area contributed by atoms with Crippen molar-refractivity contribution in [1.29, 1.82) is 0 Å². The highest BCUT2D eigenvalue weighted by atomic mass is 16.5. The molecule has 1 fully saturated rings. The highest BCUT2D eigenvalue weighted by molar-refractivity contribution is 5.69. The minimum absolute atomic E-state index is 0.338. The summed E-state index contributed by atoms with van der Waals surface area (Å²) < 4.78 is 6.10. The first kappa shape index (κ1) is 13.6. The second kappa shape index (κ2) is 6.01. The predicted octanol–water partition coefficient (Wildman–Crippen LogP) is 3.45. The molecule has 0 aliphatic carbocycles. The summed E-state index contributed by atoms with van der Waals surface area (Å²) in [5, 5.41) is 3.46. The minimum atomic E-state index is 0.338. The molecule has 0 aromatic heterocycles. The third-order valence-electron chi connectivity index (χ3n) is 4.66. The molecular weight excluding hydrogens is 272 g/mol. The van der Waals surface area contributed by atoms with Gasteiger partial charge in [-0.3, -0.25) is 0 Å². The Morgan fingerprint density at radius 2 is 2.00 bits per heavy atom. The van der Waals surface area contributed by atoms with Crippen LogP contribution in [-0.4, -0.2) is 25.7 Å². The molecule has 4 rings (SSSR count). The van der Waals surface area contributed by atoms with Gasteiger partial charge in [-0.25, -0.2) is 0 Å². The van der Waals surface area contributed by atoms with Crippen LogP contribution in [0.25, 0.3) is 0 Å². The summed E-state index contributed by atoms with van der Waals surface area (Å²) in [5.74, 6) is 0. The molecule has 1 N–H and O–H groups in total. The van der Waals surface area contributed by atoms with Crippen LogP contribution in [0.1, 0.15) is 17.5 Å². The molecule has 22 heavy (non-hydrogen) atoms. The highest BCUT2D eigenvalue weighted by Crippen LogP contribution is 2.33. The average molecular weight is 294 g/mol. The third-order valence-corrected chi connectivity index (χ3v) is 4.66. The van der Waals surface area contributed by atoms with Crippen molar-refractivity contribution >= 4 is 11.4 Å². The Balaban J connectivity index is 1.40. The van der Waals surface area contributed by atoms with E-state index < -0.39 is 0 Å². The molecule has 114 valence electrons. The van der Waals surface area contributed by atoms with Crippen LogP contribution in [0.5, 0.6) is 0 Å². The molecule has 3 nitrogen and oxygen atoms in total. The van der Waals surface area contributed by atoms with Crippen molar-refractivity contribution in [2.45, 2.75) is 25.6 Å². The van der Waals surface area contributed by atoms with Crippen LogP contribution < -0.4 is 10.2 Å². The summed E-state index contributed by atoms with van der Waals surface area (Å²) in [4.78, 5) is 2.49. The van der Waals surface area contributed by atoms with Crippen molar-refractivity contribution in [1.82, 2.24) is 0 Å². The van der Waals surface area contributed by atoms with Crippen molar-refractivity contribution in [2.75, 3.05) is 29.9 Å². The standard InChI is InChI=1S/C19H22N2O/c1-2-5-15(6-3-1)14-22-16-10-12-21(13-16)19-8-4-7-18-17(19)9-11-20-18/h1-8,16,20H,9-14H2. The van der Waals surface area contributed by atoms with E-state index in [2.05, 4.69) is 52.7 Å². The van der Waals surface area contributed by atoms with Gasteiger partial charge in [-0.05, 0) is 30.5 Å². The summed E-state index contributed by atoms with van der Waals surface area (Å²) in [7, 11) is 0. The Morgan fingerprint density at radius 3 is 2.91 bits per heavy atom. The van der Waals surface area contributed by atoms with E-state index in [1.807, 2.05) is 6.07 Å². The first-order valence-corrected chi connectivity index (χ1v) is 8.16. The average Bonchev–Trinajstić information content (AvgIpc) is 3.22. The molecule has 1 atom stereocenters. The summed E-state index contributed by atoms with van der Waals surface area (Å²) in [6, 6.07) is 17.0. The normalized spacial score (nSPS) is 20.0. The van der Waals surface area contributed by atoms with E-state index in [0.29, 0.717) is 12.7 Å². The van der Waals surface area contributed by atoms with Crippen molar-refractivity contribution < 1.29 is 4.74 Å². The molecule has 0 amide bonds. The zero-order valence-corrected chi connectivity index (χ0v) is 12.8. The Labute approximate surface area is 131 Å². The molecule has 2 aliphatic heterocycles. The van der Waals surface area contributed by atoms with Crippen LogP contribution in [0, 0.1) is 0 Å². The Morgan fingerprint density at radius 1 is 1.09 bits per heavy atom. The lowest BCUT2D eigenvalue weighted by molar-refractivity contribution is 0.0553. The highest BCUT2D eigenvalue weighted by Gasteiger charge is 2.26. The number of nitrogens with one attached hydrogen (secondary N) is 1. The number of nitrogens with zero attached hydrogens (tertiary/aromatic N) is 1. The van der Waals surface area contributed by atoms with E-state index in [4.69, 9.17) is 4.74 Å². The van der Waals surface area contributed by atoms with Crippen molar-refractivity contribution in [3.8, 4) is 0 Å². The van der Waals surface area contributed by atoms with Crippen LogP contribution in [0.2, 0.25) is 0 Å². The summed E-state index contributed by atoms with van der Waals surface area (Å²) in [5.41, 5.74) is 5.44. The number of hydrogen-bond acceptors (Lipinski definition) is 3. The van der Waals surface area contributed by atoms with E-state index in [9.17, 15) is 0 Å². The Hall–Kier alpha value is -2.00. The number of anilines is 2. The smallest absolute Gasteiger partial charge is 0.0771 e. The zero-order chi connectivity index (χ0) is 14.8. The quantitative estimate of drug-likeness (QED) is 0.934. The van der Waals surface area contributed by atoms with Crippen molar-refractivity contribution in [3.63, 3.8) is 0 Å². The maximum Gasteiger partial charge on any atom is 0.0771 e. The maximum absolute atomic E-state index is 6.10. The first-order valence-electron chi connectivity index (χ1n) is 8.16. The van der Waals surface area contributed by atoms with Gasteiger partial charge in [0.15, 0.2) is 0 Å². The number of fused-ring (bicyclic) bond motifs is 1. The largest absolute Gasteiger partial charge is 0.384 e. The van der Waals surface area contributed by atoms with Crippen LogP contribution in [0.3, 0.4) is 0 Å². The van der Waals surface area contributed by atoms with Gasteiger partial charge < -0.3 is 15.0 Å². The van der Waals surface area contributed by atoms with Crippen LogP contribution in [0.4, 0.5) is 11.4 Å². The molecular formula is C19H22N2O. The topological polar surface area (TPSA) is 24.5 Å². The second-order valence-electron chi connectivity index (χ2n) is 6.13. The lowest BCUT2D eigenvalue weighted by Gasteiger charge is -2.21. The van der Waals surface area contributed by atoms with Crippen molar-refractivity contribution in [3.05, 3.63) is 59.7 Å². The van der Waals surface area contributed by atoms with Gasteiger partial charge in [0.05, 0.1) is 12.7 Å². The molecule has 2 aromatic rings. The molecule has 0 radical (unpaired) electrons. The van der Waals surface area contributed by atoms with Crippen LogP contribution in [0.15, 0.2) is 48.5 Å². The predicted molar refractivity (Wildman–Crippen MR) is 90.5 cm³/mol. The summed E-state index contributed by atoms with van der Waals surface area (Å²) in [6.45, 7) is 3.88. The van der Waals surface area contributed by atoms with Gasteiger partial charge in [0.25, 0.3) is 0 Å². The number of hydrogen-bond donors (Lipinski definition) is 1. The first-order chi connectivity index (χ1) is 10.9. The van der Waals surface area contributed by atoms with Gasteiger partial charge in [-0.15, -0.1) is 0 Å². The van der Waals surface area contributed by atoms with Gasteiger partial charge in [-0.2, -0.15) is 0 Å². The van der Waals surface area contributed by atoms with E-state index in [0.717, 1.165) is 32.5 Å². The fourth-order valence-corrected chi connectivity index (χ4v) is 3.49. The maximum atomic E-state index is 6.10. The molecule has 1 unspecified atom stereocenters. The van der Waals surface area contributed by atoms with Crippen LogP contribution in [-0.2, 0) is 17.8 Å². The molecule has 2 aromatic carbocycles. The van der Waals surface area contributed by atoms with Crippen molar-refractivity contribution in [2.24, 2.45) is 0 Å². The van der Waals surface area contributed by atoms with E-state index >= 15 is 0 Å².